The van der Waals surface area contributed by atoms with Crippen molar-refractivity contribution in [3.8, 4) is 0 Å². The highest BCUT2D eigenvalue weighted by Crippen LogP contribution is 2.19. The molecule has 1 aliphatic heterocycles. The number of ether oxygens (including phenoxy) is 1. The Balaban J connectivity index is 2.18. The van der Waals surface area contributed by atoms with E-state index in [0.717, 1.165) is 0 Å². The first kappa shape index (κ1) is 14.6. The maximum absolute atomic E-state index is 12.8. The van der Waals surface area contributed by atoms with Crippen molar-refractivity contribution >= 4 is 17.8 Å². The molecule has 0 bridgehead atoms. The lowest BCUT2D eigenvalue weighted by atomic mass is 10.0. The van der Waals surface area contributed by atoms with E-state index in [9.17, 15) is 19.5 Å². The number of rotatable bonds is 9. The summed E-state index contributed by atoms with van der Waals surface area (Å²) in [6.07, 6.45) is 0.943. The number of carboxylic acids is 1. The Morgan fingerprint density at radius 1 is 1.37 bits per heavy atom. The summed E-state index contributed by atoms with van der Waals surface area (Å²) in [7, 11) is 0. The number of nitrogens with zero attached hydrogens (tertiary/aromatic N) is 1. The van der Waals surface area contributed by atoms with Crippen molar-refractivity contribution in [1.82, 2.24) is 10.2 Å². The van der Waals surface area contributed by atoms with Crippen molar-refractivity contribution in [2.24, 2.45) is 0 Å². The van der Waals surface area contributed by atoms with Gasteiger partial charge in [-0.1, -0.05) is 30.2 Å². The highest BCUT2D eigenvalue weighted by molar-refractivity contribution is 5.88. The van der Waals surface area contributed by atoms with Crippen molar-refractivity contribution in [3.05, 3.63) is 35.8 Å². The lowest BCUT2D eigenvalue weighted by Crippen LogP contribution is -2.53. The van der Waals surface area contributed by atoms with Crippen molar-refractivity contribution in [2.75, 3.05) is 13.2 Å². The van der Waals surface area contributed by atoms with Gasteiger partial charge < -0.3 is 14.7 Å². The van der Waals surface area contributed by atoms with Crippen LogP contribution in [0.25, 0.3) is 0 Å². The Hall–Kier alpha value is -2.41. The van der Waals surface area contributed by atoms with Gasteiger partial charge in [-0.25, -0.2) is 4.79 Å². The zero-order chi connectivity index (χ0) is 24.2. The quantitative estimate of drug-likeness (QED) is 0.631. The van der Waals surface area contributed by atoms with Crippen LogP contribution in [-0.2, 0) is 25.5 Å². The van der Waals surface area contributed by atoms with Crippen LogP contribution in [0.1, 0.15) is 45.5 Å². The molecule has 1 aromatic rings. The smallest absolute Gasteiger partial charge is 0.326 e. The van der Waals surface area contributed by atoms with Crippen molar-refractivity contribution in [2.45, 2.75) is 57.7 Å². The number of hydrogen-bond donors (Lipinski definition) is 2. The molecule has 3 atom stereocenters. The van der Waals surface area contributed by atoms with E-state index in [0.29, 0.717) is 19.4 Å². The highest BCUT2D eigenvalue weighted by atomic mass is 16.5. The summed E-state index contributed by atoms with van der Waals surface area (Å²) in [5.74, 6) is -2.17. The Kier molecular flexibility index (Phi) is 5.45. The van der Waals surface area contributed by atoms with E-state index < -0.39 is 54.1 Å². The Morgan fingerprint density at radius 3 is 2.70 bits per heavy atom. The molecular formula is C20H28N2O5. The van der Waals surface area contributed by atoms with E-state index in [-0.39, 0.29) is 37.1 Å². The van der Waals surface area contributed by atoms with Crippen LogP contribution >= 0.6 is 0 Å². The van der Waals surface area contributed by atoms with E-state index in [1.165, 1.54) is 11.8 Å². The van der Waals surface area contributed by atoms with Crippen LogP contribution in [0.4, 0.5) is 0 Å². The summed E-state index contributed by atoms with van der Waals surface area (Å²) in [6, 6.07) is -4.88. The number of hydrogen-bond acceptors (Lipinski definition) is 5. The second-order valence-corrected chi connectivity index (χ2v) is 6.36. The highest BCUT2D eigenvalue weighted by Gasteiger charge is 2.36. The van der Waals surface area contributed by atoms with Gasteiger partial charge in [0.2, 0.25) is 5.91 Å². The fraction of sp³-hybridized carbons (Fsp3) is 0.550. The molecule has 0 saturated carbocycles. The molecule has 1 saturated heterocycles. The van der Waals surface area contributed by atoms with E-state index in [1.54, 1.807) is 6.92 Å². The van der Waals surface area contributed by atoms with Gasteiger partial charge in [0.1, 0.15) is 12.1 Å². The summed E-state index contributed by atoms with van der Waals surface area (Å²) >= 11 is 0. The molecule has 0 aromatic heterocycles. The minimum Gasteiger partial charge on any atom is -0.480 e. The van der Waals surface area contributed by atoms with Gasteiger partial charge in [0.25, 0.3) is 0 Å². The number of nitrogens with one attached hydrogen (secondary N) is 1. The van der Waals surface area contributed by atoms with Crippen LogP contribution in [0, 0.1) is 0 Å². The van der Waals surface area contributed by atoms with Gasteiger partial charge in [0.05, 0.1) is 19.5 Å². The van der Waals surface area contributed by atoms with Crippen LogP contribution in [-0.4, -0.2) is 59.1 Å². The molecule has 1 fully saturated rings. The summed E-state index contributed by atoms with van der Waals surface area (Å²) in [4.78, 5) is 37.9. The molecule has 0 aliphatic carbocycles. The van der Waals surface area contributed by atoms with Crippen LogP contribution in [0.3, 0.4) is 0 Å². The first-order chi connectivity index (χ1) is 15.0. The third-order valence-corrected chi connectivity index (χ3v) is 4.45. The molecular weight excluding hydrogens is 348 g/mol. The SMILES string of the molecule is [2H]c1c([2H])c([2H])c(CCC(NC(C)C(=O)N2CCCC2C(=O)O)C(=O)OCC)c([2H])c1[2H]. The number of benzene rings is 1. The van der Waals surface area contributed by atoms with Gasteiger partial charge in [0, 0.05) is 6.54 Å². The molecule has 0 spiro atoms. The number of aliphatic carboxylic acids is 1. The van der Waals surface area contributed by atoms with E-state index in [2.05, 4.69) is 5.32 Å². The summed E-state index contributed by atoms with van der Waals surface area (Å²) in [6.45, 7) is 3.56. The van der Waals surface area contributed by atoms with Crippen molar-refractivity contribution < 1.29 is 31.1 Å². The molecule has 1 heterocycles. The predicted molar refractivity (Wildman–Crippen MR) is 100 cm³/mol. The Bertz CT molecular complexity index is 869. The monoisotopic (exact) mass is 381 g/mol. The third-order valence-electron chi connectivity index (χ3n) is 4.45. The maximum Gasteiger partial charge on any atom is 0.326 e. The van der Waals surface area contributed by atoms with Crippen molar-refractivity contribution in [3.63, 3.8) is 0 Å². The minimum atomic E-state index is -1.08. The van der Waals surface area contributed by atoms with Crippen LogP contribution in [0.5, 0.6) is 0 Å². The Morgan fingerprint density at radius 2 is 2.07 bits per heavy atom. The van der Waals surface area contributed by atoms with E-state index in [4.69, 9.17) is 11.6 Å². The van der Waals surface area contributed by atoms with Gasteiger partial charge in [0.15, 0.2) is 0 Å². The first-order valence-corrected chi connectivity index (χ1v) is 9.02. The van der Waals surface area contributed by atoms with Crippen LogP contribution in [0.2, 0.25) is 0 Å². The predicted octanol–water partition coefficient (Wildman–Crippen LogP) is 1.60. The zero-order valence-corrected chi connectivity index (χ0v) is 15.5. The van der Waals surface area contributed by atoms with Crippen molar-refractivity contribution in [1.29, 1.82) is 0 Å². The molecule has 1 aliphatic rings. The molecule has 0 radical (unpaired) electrons. The lowest BCUT2D eigenvalue weighted by Gasteiger charge is -2.27. The van der Waals surface area contributed by atoms with Crippen LogP contribution in [0.15, 0.2) is 30.2 Å². The largest absolute Gasteiger partial charge is 0.480 e. The number of amides is 1. The van der Waals surface area contributed by atoms with E-state index in [1.807, 2.05) is 0 Å². The third kappa shape index (κ3) is 5.79. The van der Waals surface area contributed by atoms with Crippen LogP contribution < -0.4 is 5.32 Å². The minimum absolute atomic E-state index is 0.0193. The average molecular weight is 381 g/mol. The molecule has 2 rings (SSSR count). The standard InChI is InChI=1S/C20H28N2O5/c1-3-27-20(26)16(12-11-15-8-5-4-6-9-15)21-14(2)18(23)22-13-7-10-17(22)19(24)25/h4-6,8-9,14,16-17,21H,3,7,10-13H2,1-2H3,(H,24,25)/i4D,5D,6D,8D,9D. The topological polar surface area (TPSA) is 95.9 Å². The average Bonchev–Trinajstić information content (AvgIpc) is 3.25. The summed E-state index contributed by atoms with van der Waals surface area (Å²) in [5.41, 5.74) is 0.0663. The van der Waals surface area contributed by atoms with E-state index >= 15 is 0 Å². The zero-order valence-electron chi connectivity index (χ0n) is 20.5. The number of carbonyl (C=O) groups excluding carboxylic acids is 2. The molecule has 3 unspecified atom stereocenters. The van der Waals surface area contributed by atoms with Gasteiger partial charge >= 0.3 is 11.9 Å². The molecule has 7 nitrogen and oxygen atoms in total. The lowest BCUT2D eigenvalue weighted by molar-refractivity contribution is -0.150. The molecule has 148 valence electrons. The first-order valence-electron chi connectivity index (χ1n) is 11.5. The molecule has 1 amide bonds. The Labute approximate surface area is 166 Å². The second kappa shape index (κ2) is 10.1. The number of carbonyl (C=O) groups is 3. The van der Waals surface area contributed by atoms with Gasteiger partial charge in [-0.3, -0.25) is 14.9 Å². The molecule has 1 aromatic carbocycles. The maximum atomic E-state index is 12.8. The molecule has 7 heteroatoms. The summed E-state index contributed by atoms with van der Waals surface area (Å²) < 4.78 is 44.4. The number of esters is 1. The number of likely N-dealkylation sites (tertiary alicyclic amines) is 1. The van der Waals surface area contributed by atoms with Gasteiger partial charge in [-0.2, -0.15) is 0 Å². The molecule has 2 N–H and O–H groups in total. The second-order valence-electron chi connectivity index (χ2n) is 6.36. The van der Waals surface area contributed by atoms with Gasteiger partial charge in [-0.15, -0.1) is 0 Å². The fourth-order valence-electron chi connectivity index (χ4n) is 3.11. The summed E-state index contributed by atoms with van der Waals surface area (Å²) in [5, 5.41) is 12.2. The normalized spacial score (nSPS) is 21.3. The number of carboxylic acid groups (broad SMARTS) is 1. The molecule has 27 heavy (non-hydrogen) atoms. The fourth-order valence-corrected chi connectivity index (χ4v) is 3.11. The van der Waals surface area contributed by atoms with Gasteiger partial charge in [-0.05, 0) is 45.1 Å².